The monoisotopic (exact) mass is 368 g/mol. The van der Waals surface area contributed by atoms with Crippen molar-refractivity contribution >= 4 is 37.0 Å². The van der Waals surface area contributed by atoms with Gasteiger partial charge < -0.3 is 0 Å². The van der Waals surface area contributed by atoms with E-state index >= 15 is 0 Å². The molecule has 0 aromatic carbocycles. The van der Waals surface area contributed by atoms with Gasteiger partial charge in [-0.15, -0.1) is 0 Å². The Morgan fingerprint density at radius 1 is 1.28 bits per heavy atom. The van der Waals surface area contributed by atoms with Gasteiger partial charge in [0.1, 0.15) is 0 Å². The van der Waals surface area contributed by atoms with E-state index in [-0.39, 0.29) is 0 Å². The molecule has 5 N–H and O–H groups in total. The summed E-state index contributed by atoms with van der Waals surface area (Å²) in [4.78, 5) is 26.4. The molecule has 0 spiro atoms. The minimum absolute atomic E-state index is 0.469. The summed E-state index contributed by atoms with van der Waals surface area (Å²) in [5.74, 6) is 0. The number of hydrogen-bond donors (Lipinski definition) is 5. The molecule has 0 aromatic heterocycles. The molecule has 9 nitrogen and oxygen atoms in total. The van der Waals surface area contributed by atoms with E-state index in [4.69, 9.17) is 26.9 Å². The molecule has 104 valence electrons. The number of ether oxygens (including phenoxy) is 1. The predicted molar refractivity (Wildman–Crippen MR) is 60.4 cm³/mol. The predicted octanol–water partition coefficient (Wildman–Crippen LogP) is -2.43. The summed E-state index contributed by atoms with van der Waals surface area (Å²) >= 11 is 1.97. The number of aliphatic hydroxyl groups is 2. The van der Waals surface area contributed by atoms with Crippen LogP contribution in [0.4, 0.5) is 0 Å². The molecule has 18 heavy (non-hydrogen) atoms. The molecule has 13 heteroatoms. The summed E-state index contributed by atoms with van der Waals surface area (Å²) in [6.07, 6.45) is -7.58. The fourth-order valence-electron chi connectivity index (χ4n) is 1.24. The molecule has 0 aliphatic carbocycles. The Kier molecular flexibility index (Phi) is 5.79. The van der Waals surface area contributed by atoms with Gasteiger partial charge in [0.25, 0.3) is 0 Å². The van der Waals surface area contributed by atoms with Crippen molar-refractivity contribution in [2.45, 2.75) is 24.3 Å². The molecule has 1 unspecified atom stereocenters. The molecule has 1 heterocycles. The molecule has 1 rings (SSSR count). The number of hydrogen-bond acceptors (Lipinski definition) is 7. The van der Waals surface area contributed by atoms with Gasteiger partial charge in [-0.05, 0) is 0 Å². The molecule has 1 aliphatic rings. The van der Waals surface area contributed by atoms with Gasteiger partial charge in [-0.1, -0.05) is 0 Å². The van der Waals surface area contributed by atoms with Gasteiger partial charge in [0.2, 0.25) is 0 Å². The van der Waals surface area contributed by atoms with Crippen LogP contribution in [0.2, 0.25) is 0 Å². The van der Waals surface area contributed by atoms with Crippen LogP contribution >= 0.6 is 14.0 Å². The van der Waals surface area contributed by atoms with Crippen LogP contribution < -0.4 is 0 Å². The van der Waals surface area contributed by atoms with Crippen molar-refractivity contribution in [1.29, 1.82) is 0 Å². The van der Waals surface area contributed by atoms with E-state index in [2.05, 4.69) is 4.31 Å². The number of aliphatic hydroxyl groups excluding tert-OH is 2. The zero-order valence-electron chi connectivity index (χ0n) is 8.77. The molecule has 0 bridgehead atoms. The Morgan fingerprint density at radius 3 is 2.22 bits per heavy atom. The minimum atomic E-state index is -4.92. The molecule has 1 aliphatic heterocycles. The summed E-state index contributed by atoms with van der Waals surface area (Å²) < 4.78 is 24.1. The first-order valence-corrected chi connectivity index (χ1v) is 9.85. The van der Waals surface area contributed by atoms with Crippen LogP contribution in [0.1, 0.15) is 0 Å². The molecule has 1 saturated heterocycles. The van der Waals surface area contributed by atoms with Crippen LogP contribution in [0, 0.1) is 0 Å². The van der Waals surface area contributed by atoms with Gasteiger partial charge in [0.15, 0.2) is 0 Å². The Hall–Kier alpha value is 0.924. The van der Waals surface area contributed by atoms with Crippen molar-refractivity contribution in [3.05, 3.63) is 0 Å². The summed E-state index contributed by atoms with van der Waals surface area (Å²) in [6.45, 7) is -0.469. The third-order valence-corrected chi connectivity index (χ3v) is 6.08. The van der Waals surface area contributed by atoms with Gasteiger partial charge in [0, 0.05) is 0 Å². The first-order valence-electron chi connectivity index (χ1n) is 4.53. The van der Waals surface area contributed by atoms with E-state index in [1.165, 1.54) is 0 Å². The topological polar surface area (TPSA) is 146 Å². The van der Waals surface area contributed by atoms with Crippen molar-refractivity contribution in [2.75, 3.05) is 6.61 Å². The summed E-state index contributed by atoms with van der Waals surface area (Å²) in [5.41, 5.74) is 0. The van der Waals surface area contributed by atoms with Crippen LogP contribution in [0.25, 0.3) is 0 Å². The fraction of sp³-hybridized carbons (Fsp3) is 1.00. The summed E-state index contributed by atoms with van der Waals surface area (Å²) in [6, 6.07) is -1.11. The Labute approximate surface area is 111 Å². The van der Waals surface area contributed by atoms with Gasteiger partial charge in [-0.3, -0.25) is 0 Å². The fourth-order valence-corrected chi connectivity index (χ4v) is 4.86. The maximum atomic E-state index is 10.5. The molecule has 0 saturated carbocycles. The van der Waals surface area contributed by atoms with Crippen LogP contribution in [-0.4, -0.2) is 78.8 Å². The van der Waals surface area contributed by atoms with Crippen molar-refractivity contribution in [1.82, 2.24) is 0 Å². The second kappa shape index (κ2) is 6.14. The standard InChI is InChI=1S/C5H11BO9P2Se/c6-5-4(8)3(7)2(14-5)1-13-17(12,18)15-16(9,10)11/h2-5,7-8H,1H2,(H,12,18)(H2,9,10,11)/t2-,3-,4-,5-,17?/m1/s1. The molecular formula is C5H11BO9P2Se. The van der Waals surface area contributed by atoms with E-state index in [0.717, 1.165) is 0 Å². The van der Waals surface area contributed by atoms with E-state index in [9.17, 15) is 19.7 Å². The van der Waals surface area contributed by atoms with Gasteiger partial charge in [-0.25, -0.2) is 0 Å². The third kappa shape index (κ3) is 5.13. The molecule has 2 radical (unpaired) electrons. The van der Waals surface area contributed by atoms with Crippen molar-refractivity contribution in [2.24, 2.45) is 0 Å². The van der Waals surface area contributed by atoms with Crippen molar-refractivity contribution in [3.8, 4) is 0 Å². The Balaban J connectivity index is 2.51. The van der Waals surface area contributed by atoms with Crippen molar-refractivity contribution in [3.63, 3.8) is 0 Å². The summed E-state index contributed by atoms with van der Waals surface area (Å²) in [5, 5.41) is 18.7. The summed E-state index contributed by atoms with van der Waals surface area (Å²) in [7, 11) is 0.373. The molecule has 1 fully saturated rings. The zero-order valence-corrected chi connectivity index (χ0v) is 12.3. The first kappa shape index (κ1) is 17.0. The van der Waals surface area contributed by atoms with Crippen LogP contribution in [0.3, 0.4) is 0 Å². The second-order valence-electron chi connectivity index (χ2n) is 3.46. The van der Waals surface area contributed by atoms with Gasteiger partial charge >= 0.3 is 111 Å². The van der Waals surface area contributed by atoms with Crippen molar-refractivity contribution < 1.29 is 43.0 Å². The van der Waals surface area contributed by atoms with E-state index in [1.807, 2.05) is 15.1 Å². The van der Waals surface area contributed by atoms with Crippen LogP contribution in [0.5, 0.6) is 0 Å². The third-order valence-electron chi connectivity index (χ3n) is 2.01. The Morgan fingerprint density at radius 2 is 1.83 bits per heavy atom. The van der Waals surface area contributed by atoms with Gasteiger partial charge in [-0.2, -0.15) is 0 Å². The normalized spacial score (nSPS) is 36.5. The maximum absolute atomic E-state index is 10.5. The zero-order chi connectivity index (χ0) is 14.1. The molecule has 5 atom stereocenters. The van der Waals surface area contributed by atoms with Crippen LogP contribution in [0.15, 0.2) is 0 Å². The van der Waals surface area contributed by atoms with E-state index in [1.54, 1.807) is 0 Å². The molecular weight excluding hydrogens is 356 g/mol. The molecule has 0 amide bonds. The molecule has 0 aromatic rings. The SMILES string of the molecule is [B][C@@H]1O[C@H](COP(O)(=[Se])OP(=O)(O)O)[C@@H](O)[C@H]1O. The number of phosphoric acid groups is 1. The second-order valence-corrected chi connectivity index (χ2v) is 9.19. The average Bonchev–Trinajstić information content (AvgIpc) is 2.39. The van der Waals surface area contributed by atoms with Gasteiger partial charge in [0.05, 0.1) is 0 Å². The van der Waals surface area contributed by atoms with Crippen LogP contribution in [-0.2, 0) is 18.1 Å². The quantitative estimate of drug-likeness (QED) is 0.264. The van der Waals surface area contributed by atoms with E-state index in [0.29, 0.717) is 0 Å². The first-order chi connectivity index (χ1) is 8.02. The number of rotatable bonds is 5. The Bertz CT molecular complexity index is 387. The van der Waals surface area contributed by atoms with E-state index < -0.39 is 44.9 Å². The average molecular weight is 367 g/mol.